The van der Waals surface area contributed by atoms with Gasteiger partial charge in [0.25, 0.3) is 0 Å². The topological polar surface area (TPSA) is 27.7 Å². The lowest BCUT2D eigenvalue weighted by molar-refractivity contribution is -0.222. The van der Waals surface area contributed by atoms with Gasteiger partial charge in [0.15, 0.2) is 8.32 Å². The second kappa shape index (κ2) is 8.32. The third-order valence-corrected chi connectivity index (χ3v) is 13.5. The van der Waals surface area contributed by atoms with Gasteiger partial charge in [-0.15, -0.1) is 0 Å². The Hall–Kier alpha value is 0.0969. The molecule has 2 fully saturated rings. The van der Waals surface area contributed by atoms with Crippen molar-refractivity contribution in [2.24, 2.45) is 22.7 Å². The number of methoxy groups -OCH3 is 1. The van der Waals surface area contributed by atoms with Gasteiger partial charge in [-0.2, -0.15) is 0 Å². The van der Waals surface area contributed by atoms with Crippen LogP contribution in [0, 0.1) is 22.7 Å². The Morgan fingerprint density at radius 1 is 1.00 bits per heavy atom. The predicted octanol–water partition coefficient (Wildman–Crippen LogP) is 7.02. The van der Waals surface area contributed by atoms with Crippen LogP contribution in [-0.2, 0) is 13.9 Å². The summed E-state index contributed by atoms with van der Waals surface area (Å²) in [5.41, 5.74) is 0.624. The summed E-state index contributed by atoms with van der Waals surface area (Å²) in [4.78, 5) is 0. The number of hydrogen-bond acceptors (Lipinski definition) is 3. The Kier molecular flexibility index (Phi) is 7.24. The molecule has 0 N–H and O–H groups in total. The summed E-state index contributed by atoms with van der Waals surface area (Å²) in [5.74, 6) is 1.28. The SMILES string of the molecule is COCO[C@]1(C)CCC2C(C)(C)CCC[C@]2(C)[C@H]1CCO[Si](C)(C)C(C)(C)C. The van der Waals surface area contributed by atoms with Crippen molar-refractivity contribution in [3.63, 3.8) is 0 Å². The summed E-state index contributed by atoms with van der Waals surface area (Å²) in [5, 5.41) is 0.259. The van der Waals surface area contributed by atoms with Gasteiger partial charge in [0.1, 0.15) is 6.79 Å². The Bertz CT molecular complexity index is 524. The van der Waals surface area contributed by atoms with Gasteiger partial charge < -0.3 is 13.9 Å². The maximum absolute atomic E-state index is 6.62. The molecular formula is C24H48O3Si. The van der Waals surface area contributed by atoms with E-state index in [1.165, 1.54) is 25.7 Å². The van der Waals surface area contributed by atoms with Crippen molar-refractivity contribution in [1.29, 1.82) is 0 Å². The third kappa shape index (κ3) is 4.71. The first-order valence-corrected chi connectivity index (χ1v) is 14.4. The molecule has 166 valence electrons. The molecule has 4 heteroatoms. The molecule has 0 aliphatic heterocycles. The first-order valence-electron chi connectivity index (χ1n) is 11.5. The molecule has 0 radical (unpaired) electrons. The molecule has 2 saturated carbocycles. The number of fused-ring (bicyclic) bond motifs is 1. The first-order chi connectivity index (χ1) is 12.7. The van der Waals surface area contributed by atoms with Crippen LogP contribution in [0.2, 0.25) is 18.1 Å². The molecule has 0 bridgehead atoms. The van der Waals surface area contributed by atoms with Crippen molar-refractivity contribution in [3.05, 3.63) is 0 Å². The molecular weight excluding hydrogens is 364 g/mol. The van der Waals surface area contributed by atoms with Gasteiger partial charge in [0.2, 0.25) is 0 Å². The van der Waals surface area contributed by atoms with E-state index in [1.807, 2.05) is 0 Å². The average molecular weight is 413 g/mol. The third-order valence-electron chi connectivity index (χ3n) is 8.92. The predicted molar refractivity (Wildman–Crippen MR) is 121 cm³/mol. The second-order valence-electron chi connectivity index (χ2n) is 12.3. The largest absolute Gasteiger partial charge is 0.417 e. The van der Waals surface area contributed by atoms with Crippen molar-refractivity contribution in [3.8, 4) is 0 Å². The zero-order chi connectivity index (χ0) is 21.4. The zero-order valence-electron chi connectivity index (χ0n) is 20.5. The molecule has 0 saturated heterocycles. The molecule has 0 aromatic heterocycles. The molecule has 28 heavy (non-hydrogen) atoms. The van der Waals surface area contributed by atoms with E-state index in [9.17, 15) is 0 Å². The van der Waals surface area contributed by atoms with Gasteiger partial charge in [0.05, 0.1) is 5.60 Å². The normalized spacial score (nSPS) is 36.2. The van der Waals surface area contributed by atoms with E-state index in [-0.39, 0.29) is 10.6 Å². The summed E-state index contributed by atoms with van der Waals surface area (Å²) in [6.45, 7) is 22.8. The fourth-order valence-corrected chi connectivity index (χ4v) is 7.32. The van der Waals surface area contributed by atoms with E-state index in [4.69, 9.17) is 13.9 Å². The minimum atomic E-state index is -1.72. The summed E-state index contributed by atoms with van der Waals surface area (Å²) in [6.07, 6.45) is 7.50. The molecule has 4 atom stereocenters. The molecule has 1 unspecified atom stereocenters. The van der Waals surface area contributed by atoms with Crippen LogP contribution in [0.25, 0.3) is 0 Å². The monoisotopic (exact) mass is 412 g/mol. The van der Waals surface area contributed by atoms with Gasteiger partial charge >= 0.3 is 0 Å². The summed E-state index contributed by atoms with van der Waals surface area (Å²) in [7, 11) is 0.00929. The van der Waals surface area contributed by atoms with Crippen LogP contribution in [0.1, 0.15) is 87.0 Å². The van der Waals surface area contributed by atoms with Gasteiger partial charge in [-0.25, -0.2) is 0 Å². The van der Waals surface area contributed by atoms with E-state index in [2.05, 4.69) is 61.6 Å². The van der Waals surface area contributed by atoms with Crippen LogP contribution in [0.5, 0.6) is 0 Å². The fraction of sp³-hybridized carbons (Fsp3) is 1.00. The van der Waals surface area contributed by atoms with Crippen molar-refractivity contribution in [2.75, 3.05) is 20.5 Å². The standard InChI is InChI=1S/C24H48O3Si/c1-21(2,3)28(9,10)27-17-13-20-23(6)15-11-14-22(4,5)19(23)12-16-24(20,7)26-18-25-8/h19-20H,11-18H2,1-10H3/t19?,20-,23+,24-/m1/s1. The van der Waals surface area contributed by atoms with Gasteiger partial charge in [-0.05, 0) is 79.8 Å². The Balaban J connectivity index is 2.24. The molecule has 3 nitrogen and oxygen atoms in total. The minimum Gasteiger partial charge on any atom is -0.417 e. The number of ether oxygens (including phenoxy) is 2. The lowest BCUT2D eigenvalue weighted by Crippen LogP contribution is -2.59. The number of hydrogen-bond donors (Lipinski definition) is 0. The molecule has 2 aliphatic rings. The van der Waals surface area contributed by atoms with Crippen LogP contribution >= 0.6 is 0 Å². The summed E-state index contributed by atoms with van der Waals surface area (Å²) >= 11 is 0. The van der Waals surface area contributed by atoms with Crippen LogP contribution in [0.3, 0.4) is 0 Å². The van der Waals surface area contributed by atoms with E-state index in [0.29, 0.717) is 23.5 Å². The van der Waals surface area contributed by atoms with Gasteiger partial charge in [-0.3, -0.25) is 0 Å². The van der Waals surface area contributed by atoms with Crippen LogP contribution < -0.4 is 0 Å². The lowest BCUT2D eigenvalue weighted by Gasteiger charge is -2.62. The smallest absolute Gasteiger partial charge is 0.191 e. The lowest BCUT2D eigenvalue weighted by atomic mass is 9.45. The number of rotatable bonds is 7. The maximum atomic E-state index is 6.62. The molecule has 0 amide bonds. The fourth-order valence-electron chi connectivity index (χ4n) is 6.26. The van der Waals surface area contributed by atoms with Crippen molar-refractivity contribution in [2.45, 2.75) is 111 Å². The molecule has 2 aliphatic carbocycles. The first kappa shape index (κ1) is 24.4. The highest BCUT2D eigenvalue weighted by Gasteiger charge is 2.58. The minimum absolute atomic E-state index is 0.120. The molecule has 0 spiro atoms. The Morgan fingerprint density at radius 3 is 2.21 bits per heavy atom. The van der Waals surface area contributed by atoms with E-state index < -0.39 is 8.32 Å². The molecule has 0 heterocycles. The quantitative estimate of drug-likeness (QED) is 0.332. The van der Waals surface area contributed by atoms with E-state index in [1.54, 1.807) is 7.11 Å². The van der Waals surface area contributed by atoms with Crippen LogP contribution in [0.15, 0.2) is 0 Å². The average Bonchev–Trinajstić information content (AvgIpc) is 2.54. The van der Waals surface area contributed by atoms with Gasteiger partial charge in [-0.1, -0.05) is 48.0 Å². The van der Waals surface area contributed by atoms with E-state index >= 15 is 0 Å². The second-order valence-corrected chi connectivity index (χ2v) is 17.1. The van der Waals surface area contributed by atoms with E-state index in [0.717, 1.165) is 25.4 Å². The van der Waals surface area contributed by atoms with Crippen LogP contribution in [0.4, 0.5) is 0 Å². The highest BCUT2D eigenvalue weighted by atomic mass is 28.4. The molecule has 0 aromatic carbocycles. The Labute approximate surface area is 176 Å². The molecule has 2 rings (SSSR count). The summed E-state index contributed by atoms with van der Waals surface area (Å²) in [6, 6.07) is 0. The molecule has 0 aromatic rings. The highest BCUT2D eigenvalue weighted by Crippen LogP contribution is 2.63. The summed E-state index contributed by atoms with van der Waals surface area (Å²) < 4.78 is 18.3. The zero-order valence-corrected chi connectivity index (χ0v) is 21.5. The van der Waals surface area contributed by atoms with Crippen molar-refractivity contribution >= 4 is 8.32 Å². The maximum Gasteiger partial charge on any atom is 0.191 e. The highest BCUT2D eigenvalue weighted by molar-refractivity contribution is 6.74. The van der Waals surface area contributed by atoms with Crippen molar-refractivity contribution in [1.82, 2.24) is 0 Å². The van der Waals surface area contributed by atoms with Crippen LogP contribution in [-0.4, -0.2) is 34.4 Å². The Morgan fingerprint density at radius 2 is 1.64 bits per heavy atom. The van der Waals surface area contributed by atoms with Crippen molar-refractivity contribution < 1.29 is 13.9 Å². The van der Waals surface area contributed by atoms with Gasteiger partial charge in [0, 0.05) is 13.7 Å².